The van der Waals surface area contributed by atoms with Crippen LogP contribution in [0.15, 0.2) is 46.9 Å². The summed E-state index contributed by atoms with van der Waals surface area (Å²) in [5.74, 6) is 2.07. The maximum atomic E-state index is 11.9. The molecule has 0 saturated carbocycles. The Hall–Kier alpha value is -3.58. The summed E-state index contributed by atoms with van der Waals surface area (Å²) in [6.45, 7) is 3.79. The topological polar surface area (TPSA) is 63.3 Å². The van der Waals surface area contributed by atoms with Crippen LogP contribution in [0.5, 0.6) is 0 Å². The van der Waals surface area contributed by atoms with Crippen LogP contribution in [-0.4, -0.2) is 16.1 Å². The quantitative estimate of drug-likeness (QED) is 0.524. The molecule has 0 fully saturated rings. The summed E-state index contributed by atoms with van der Waals surface area (Å²) in [6.07, 6.45) is 5.71. The number of aromatic nitrogens is 1. The van der Waals surface area contributed by atoms with Crippen LogP contribution >= 0.6 is 0 Å². The number of carbonyl (C=O) groups is 1. The first-order valence-electron chi connectivity index (χ1n) is 8.14. The molecule has 2 aromatic heterocycles. The van der Waals surface area contributed by atoms with E-state index < -0.39 is 5.97 Å². The number of terminal acetylenes is 1. The highest BCUT2D eigenvalue weighted by Gasteiger charge is 2.20. The third-order valence-electron chi connectivity index (χ3n) is 4.57. The molecule has 2 heterocycles. The van der Waals surface area contributed by atoms with Gasteiger partial charge in [0.2, 0.25) is 0 Å². The molecule has 26 heavy (non-hydrogen) atoms. The van der Waals surface area contributed by atoms with Gasteiger partial charge in [0.15, 0.2) is 5.76 Å². The summed E-state index contributed by atoms with van der Waals surface area (Å²) >= 11 is 0. The molecule has 0 bridgehead atoms. The number of aromatic carboxylic acids is 1. The van der Waals surface area contributed by atoms with E-state index in [1.54, 1.807) is 0 Å². The number of hydrogen-bond donors (Lipinski definition) is 1. The van der Waals surface area contributed by atoms with Crippen LogP contribution in [0, 0.1) is 26.2 Å². The molecule has 1 N–H and O–H groups in total. The number of pyridine rings is 1. The maximum Gasteiger partial charge on any atom is 0.336 e. The van der Waals surface area contributed by atoms with Crippen LogP contribution in [0.25, 0.3) is 33.3 Å². The molecule has 2 aromatic carbocycles. The molecule has 4 nitrogen and oxygen atoms in total. The second kappa shape index (κ2) is 5.75. The lowest BCUT2D eigenvalue weighted by Gasteiger charge is -2.10. The summed E-state index contributed by atoms with van der Waals surface area (Å²) in [5, 5.41) is 11.2. The molecule has 126 valence electrons. The molecule has 0 aliphatic carbocycles. The zero-order valence-corrected chi connectivity index (χ0v) is 14.3. The molecular formula is C22H15NO3. The van der Waals surface area contributed by atoms with Gasteiger partial charge in [-0.1, -0.05) is 30.2 Å². The molecule has 0 amide bonds. The van der Waals surface area contributed by atoms with Crippen molar-refractivity contribution < 1.29 is 14.3 Å². The van der Waals surface area contributed by atoms with Gasteiger partial charge in [-0.3, -0.25) is 0 Å². The number of fused-ring (bicyclic) bond motifs is 2. The Labute approximate surface area is 150 Å². The first-order chi connectivity index (χ1) is 12.5. The smallest absolute Gasteiger partial charge is 0.336 e. The third kappa shape index (κ3) is 2.26. The Morgan fingerprint density at radius 3 is 2.62 bits per heavy atom. The standard InChI is InChI=1S/C22H15NO3/c1-4-14-15-7-5-6-8-18(15)26-21(14)17-11-16(22(24)25)19-12(2)9-10-13(3)20(19)23-17/h1,5-11H,2-3H3,(H,24,25). The zero-order valence-electron chi connectivity index (χ0n) is 14.3. The highest BCUT2D eigenvalue weighted by Crippen LogP contribution is 2.35. The summed E-state index contributed by atoms with van der Waals surface area (Å²) in [5.41, 5.74) is 4.24. The number of rotatable bonds is 2. The molecular weight excluding hydrogens is 326 g/mol. The highest BCUT2D eigenvalue weighted by molar-refractivity contribution is 6.06. The summed E-state index contributed by atoms with van der Waals surface area (Å²) in [6, 6.07) is 12.8. The first kappa shape index (κ1) is 15.9. The van der Waals surface area contributed by atoms with Gasteiger partial charge in [-0.05, 0) is 43.2 Å². The largest absolute Gasteiger partial charge is 0.478 e. The maximum absolute atomic E-state index is 11.9. The fourth-order valence-electron chi connectivity index (χ4n) is 3.30. The summed E-state index contributed by atoms with van der Waals surface area (Å²) < 4.78 is 5.93. The Morgan fingerprint density at radius 1 is 1.15 bits per heavy atom. The van der Waals surface area contributed by atoms with E-state index in [4.69, 9.17) is 15.8 Å². The van der Waals surface area contributed by atoms with Gasteiger partial charge >= 0.3 is 5.97 Å². The highest BCUT2D eigenvalue weighted by atomic mass is 16.4. The van der Waals surface area contributed by atoms with Crippen molar-refractivity contribution in [1.82, 2.24) is 4.98 Å². The SMILES string of the molecule is C#Cc1c(-c2cc(C(=O)O)c3c(C)ccc(C)c3n2)oc2ccccc12. The van der Waals surface area contributed by atoms with Crippen molar-refractivity contribution in [3.8, 4) is 23.8 Å². The normalized spacial score (nSPS) is 11.0. The third-order valence-corrected chi connectivity index (χ3v) is 4.57. The molecule has 0 saturated heterocycles. The Morgan fingerprint density at radius 2 is 1.88 bits per heavy atom. The minimum Gasteiger partial charge on any atom is -0.478 e. The van der Waals surface area contributed by atoms with Crippen molar-refractivity contribution >= 4 is 27.8 Å². The van der Waals surface area contributed by atoms with Crippen molar-refractivity contribution in [3.63, 3.8) is 0 Å². The minimum atomic E-state index is -1.01. The molecule has 0 unspecified atom stereocenters. The number of aryl methyl sites for hydroxylation is 2. The number of para-hydroxylation sites is 1. The van der Waals surface area contributed by atoms with Gasteiger partial charge in [-0.2, -0.15) is 0 Å². The first-order valence-corrected chi connectivity index (χ1v) is 8.14. The fraction of sp³-hybridized carbons (Fsp3) is 0.0909. The summed E-state index contributed by atoms with van der Waals surface area (Å²) in [4.78, 5) is 16.6. The van der Waals surface area contributed by atoms with Crippen molar-refractivity contribution in [2.75, 3.05) is 0 Å². The Balaban J connectivity index is 2.13. The van der Waals surface area contributed by atoms with Crippen molar-refractivity contribution in [3.05, 3.63) is 64.7 Å². The van der Waals surface area contributed by atoms with E-state index in [1.807, 2.05) is 50.2 Å². The zero-order chi connectivity index (χ0) is 18.4. The van der Waals surface area contributed by atoms with Gasteiger partial charge in [-0.25, -0.2) is 9.78 Å². The van der Waals surface area contributed by atoms with E-state index >= 15 is 0 Å². The lowest BCUT2D eigenvalue weighted by molar-refractivity contribution is 0.0699. The second-order valence-corrected chi connectivity index (χ2v) is 6.23. The van der Waals surface area contributed by atoms with E-state index in [1.165, 1.54) is 6.07 Å². The van der Waals surface area contributed by atoms with Gasteiger partial charge in [-0.15, -0.1) is 6.42 Å². The number of nitrogens with zero attached hydrogens (tertiary/aromatic N) is 1. The van der Waals surface area contributed by atoms with Crippen molar-refractivity contribution in [1.29, 1.82) is 0 Å². The van der Waals surface area contributed by atoms with E-state index in [2.05, 4.69) is 5.92 Å². The van der Waals surface area contributed by atoms with Crippen LogP contribution in [0.2, 0.25) is 0 Å². The number of carboxylic acids is 1. The molecule has 0 spiro atoms. The lowest BCUT2D eigenvalue weighted by Crippen LogP contribution is -2.02. The molecule has 4 heteroatoms. The average Bonchev–Trinajstić information content (AvgIpc) is 3.02. The van der Waals surface area contributed by atoms with Gasteiger partial charge in [0, 0.05) is 10.8 Å². The second-order valence-electron chi connectivity index (χ2n) is 6.23. The number of benzene rings is 2. The predicted molar refractivity (Wildman–Crippen MR) is 101 cm³/mol. The molecule has 0 aliphatic heterocycles. The van der Waals surface area contributed by atoms with Gasteiger partial charge < -0.3 is 9.52 Å². The van der Waals surface area contributed by atoms with Crippen molar-refractivity contribution in [2.24, 2.45) is 0 Å². The van der Waals surface area contributed by atoms with Crippen LogP contribution in [0.1, 0.15) is 27.0 Å². The van der Waals surface area contributed by atoms with Crippen LogP contribution < -0.4 is 0 Å². The molecule has 4 aromatic rings. The van der Waals surface area contributed by atoms with E-state index in [0.717, 1.165) is 16.5 Å². The molecule has 0 atom stereocenters. The molecule has 0 radical (unpaired) electrons. The van der Waals surface area contributed by atoms with Crippen LogP contribution in [0.3, 0.4) is 0 Å². The number of furan rings is 1. The van der Waals surface area contributed by atoms with Gasteiger partial charge in [0.1, 0.15) is 11.3 Å². The van der Waals surface area contributed by atoms with E-state index in [0.29, 0.717) is 33.5 Å². The predicted octanol–water partition coefficient (Wildman–Crippen LogP) is 4.94. The summed E-state index contributed by atoms with van der Waals surface area (Å²) in [7, 11) is 0. The fourth-order valence-corrected chi connectivity index (χ4v) is 3.30. The average molecular weight is 341 g/mol. The lowest BCUT2D eigenvalue weighted by atomic mass is 9.99. The Kier molecular flexibility index (Phi) is 3.52. The molecule has 4 rings (SSSR count). The number of hydrogen-bond acceptors (Lipinski definition) is 3. The van der Waals surface area contributed by atoms with Crippen LogP contribution in [-0.2, 0) is 0 Å². The van der Waals surface area contributed by atoms with Gasteiger partial charge in [0.25, 0.3) is 0 Å². The van der Waals surface area contributed by atoms with Crippen LogP contribution in [0.4, 0.5) is 0 Å². The van der Waals surface area contributed by atoms with Crippen molar-refractivity contribution in [2.45, 2.75) is 13.8 Å². The Bertz CT molecular complexity index is 1240. The van der Waals surface area contributed by atoms with E-state index in [-0.39, 0.29) is 5.56 Å². The molecule has 0 aliphatic rings. The number of carboxylic acid groups (broad SMARTS) is 1. The minimum absolute atomic E-state index is 0.189. The monoisotopic (exact) mass is 341 g/mol. The van der Waals surface area contributed by atoms with Gasteiger partial charge in [0.05, 0.1) is 16.6 Å². The van der Waals surface area contributed by atoms with E-state index in [9.17, 15) is 9.90 Å².